The average Bonchev–Trinajstić information content (AvgIpc) is 2.35. The molecule has 0 aliphatic heterocycles. The van der Waals surface area contributed by atoms with Gasteiger partial charge in [0, 0.05) is 6.04 Å². The molecule has 112 valence electrons. The molecular formula is C15H13ClF3NO. The highest BCUT2D eigenvalue weighted by molar-refractivity contribution is 6.32. The Labute approximate surface area is 125 Å². The Hall–Kier alpha value is -1.72. The lowest BCUT2D eigenvalue weighted by Gasteiger charge is -2.12. The van der Waals surface area contributed by atoms with E-state index in [2.05, 4.69) is 0 Å². The van der Waals surface area contributed by atoms with Gasteiger partial charge in [0.2, 0.25) is 0 Å². The van der Waals surface area contributed by atoms with Crippen LogP contribution < -0.4 is 10.5 Å². The van der Waals surface area contributed by atoms with Crippen LogP contribution in [0.1, 0.15) is 12.5 Å². The summed E-state index contributed by atoms with van der Waals surface area (Å²) in [6.45, 7) is 1.73. The molecule has 0 saturated heterocycles. The molecule has 1 unspecified atom stereocenters. The fourth-order valence-corrected chi connectivity index (χ4v) is 2.07. The predicted octanol–water partition coefficient (Wildman–Crippen LogP) is 4.44. The maximum atomic E-state index is 13.9. The number of benzene rings is 2. The summed E-state index contributed by atoms with van der Waals surface area (Å²) in [6, 6.07) is 5.37. The van der Waals surface area contributed by atoms with Crippen molar-refractivity contribution in [1.29, 1.82) is 0 Å². The van der Waals surface area contributed by atoms with Crippen molar-refractivity contribution in [2.45, 2.75) is 19.4 Å². The lowest BCUT2D eigenvalue weighted by Crippen LogP contribution is -2.18. The normalized spacial score (nSPS) is 12.3. The SMILES string of the molecule is CC(N)Cc1cc(F)c(Oc2ccc(F)cc2Cl)c(F)c1. The summed E-state index contributed by atoms with van der Waals surface area (Å²) in [5.74, 6) is -2.93. The molecule has 0 spiro atoms. The van der Waals surface area contributed by atoms with E-state index in [1.165, 1.54) is 6.07 Å². The molecule has 2 aromatic carbocycles. The molecule has 2 aromatic rings. The third-order valence-corrected chi connectivity index (χ3v) is 3.02. The van der Waals surface area contributed by atoms with E-state index >= 15 is 0 Å². The van der Waals surface area contributed by atoms with Crippen LogP contribution in [0.4, 0.5) is 13.2 Å². The quantitative estimate of drug-likeness (QED) is 0.905. The van der Waals surface area contributed by atoms with Crippen molar-refractivity contribution in [1.82, 2.24) is 0 Å². The van der Waals surface area contributed by atoms with Crippen molar-refractivity contribution in [3.05, 3.63) is 58.4 Å². The molecule has 0 aromatic heterocycles. The van der Waals surface area contributed by atoms with Crippen molar-refractivity contribution < 1.29 is 17.9 Å². The standard InChI is InChI=1S/C15H13ClF3NO/c1-8(20)4-9-5-12(18)15(13(19)6-9)21-14-3-2-10(17)7-11(14)16/h2-3,5-8H,4,20H2,1H3. The third-order valence-electron chi connectivity index (χ3n) is 2.72. The molecular weight excluding hydrogens is 303 g/mol. The molecule has 0 bridgehead atoms. The van der Waals surface area contributed by atoms with Gasteiger partial charge in [0.15, 0.2) is 17.4 Å². The molecule has 2 nitrogen and oxygen atoms in total. The van der Waals surface area contributed by atoms with Crippen molar-refractivity contribution >= 4 is 11.6 Å². The van der Waals surface area contributed by atoms with Gasteiger partial charge in [-0.3, -0.25) is 0 Å². The van der Waals surface area contributed by atoms with Crippen molar-refractivity contribution in [2.75, 3.05) is 0 Å². The third kappa shape index (κ3) is 3.89. The van der Waals surface area contributed by atoms with Crippen LogP contribution in [0.2, 0.25) is 5.02 Å². The van der Waals surface area contributed by atoms with Crippen LogP contribution in [0, 0.1) is 17.5 Å². The summed E-state index contributed by atoms with van der Waals surface area (Å²) in [6.07, 6.45) is 0.339. The summed E-state index contributed by atoms with van der Waals surface area (Å²) in [4.78, 5) is 0. The van der Waals surface area contributed by atoms with E-state index in [-0.39, 0.29) is 16.8 Å². The van der Waals surface area contributed by atoms with Gasteiger partial charge in [-0.1, -0.05) is 11.6 Å². The first-order valence-corrected chi connectivity index (χ1v) is 6.61. The number of hydrogen-bond acceptors (Lipinski definition) is 2. The zero-order valence-electron chi connectivity index (χ0n) is 11.2. The molecule has 21 heavy (non-hydrogen) atoms. The van der Waals surface area contributed by atoms with Gasteiger partial charge >= 0.3 is 0 Å². The topological polar surface area (TPSA) is 35.2 Å². The van der Waals surface area contributed by atoms with Crippen LogP contribution in [0.5, 0.6) is 11.5 Å². The van der Waals surface area contributed by atoms with Gasteiger partial charge in [0.1, 0.15) is 11.6 Å². The molecule has 0 aliphatic carbocycles. The van der Waals surface area contributed by atoms with Gasteiger partial charge in [-0.25, -0.2) is 13.2 Å². The second-order valence-electron chi connectivity index (χ2n) is 4.75. The molecule has 0 radical (unpaired) electrons. The highest BCUT2D eigenvalue weighted by atomic mass is 35.5. The molecule has 0 aliphatic rings. The Morgan fingerprint density at radius 2 is 1.76 bits per heavy atom. The molecule has 0 fully saturated rings. The van der Waals surface area contributed by atoms with Crippen LogP contribution in [0.3, 0.4) is 0 Å². The van der Waals surface area contributed by atoms with Crippen LogP contribution in [0.15, 0.2) is 30.3 Å². The Kier molecular flexibility index (Phi) is 4.75. The van der Waals surface area contributed by atoms with Crippen molar-refractivity contribution in [3.8, 4) is 11.5 Å². The Balaban J connectivity index is 2.32. The zero-order chi connectivity index (χ0) is 15.6. The number of hydrogen-bond donors (Lipinski definition) is 1. The molecule has 2 rings (SSSR count). The Morgan fingerprint density at radius 3 is 2.29 bits per heavy atom. The van der Waals surface area contributed by atoms with E-state index in [4.69, 9.17) is 22.1 Å². The summed E-state index contributed by atoms with van der Waals surface area (Å²) in [5.41, 5.74) is 6.02. The first-order chi connectivity index (χ1) is 9.86. The van der Waals surface area contributed by atoms with E-state index in [0.29, 0.717) is 12.0 Å². The van der Waals surface area contributed by atoms with Crippen LogP contribution in [-0.2, 0) is 6.42 Å². The van der Waals surface area contributed by atoms with Crippen LogP contribution in [0.25, 0.3) is 0 Å². The molecule has 0 amide bonds. The first-order valence-electron chi connectivity index (χ1n) is 6.23. The lowest BCUT2D eigenvalue weighted by molar-refractivity contribution is 0.405. The van der Waals surface area contributed by atoms with Gasteiger partial charge in [0.05, 0.1) is 5.02 Å². The summed E-state index contributed by atoms with van der Waals surface area (Å²) < 4.78 is 45.9. The van der Waals surface area contributed by atoms with E-state index in [1.807, 2.05) is 0 Å². The van der Waals surface area contributed by atoms with Crippen molar-refractivity contribution in [3.63, 3.8) is 0 Å². The first kappa shape index (κ1) is 15.7. The van der Waals surface area contributed by atoms with Crippen LogP contribution in [-0.4, -0.2) is 6.04 Å². The largest absolute Gasteiger partial charge is 0.450 e. The Morgan fingerprint density at radius 1 is 1.14 bits per heavy atom. The van der Waals surface area contributed by atoms with Crippen LogP contribution >= 0.6 is 11.6 Å². The minimum absolute atomic E-state index is 0.0317. The van der Waals surface area contributed by atoms with Crippen molar-refractivity contribution in [2.24, 2.45) is 5.73 Å². The maximum Gasteiger partial charge on any atom is 0.198 e. The zero-order valence-corrected chi connectivity index (χ0v) is 11.9. The highest BCUT2D eigenvalue weighted by Crippen LogP contribution is 2.33. The number of rotatable bonds is 4. The van der Waals surface area contributed by atoms with E-state index in [1.54, 1.807) is 6.92 Å². The Bertz CT molecular complexity index is 638. The molecule has 0 heterocycles. The number of nitrogens with two attached hydrogens (primary N) is 1. The molecule has 0 saturated carbocycles. The lowest BCUT2D eigenvalue weighted by atomic mass is 10.1. The summed E-state index contributed by atoms with van der Waals surface area (Å²) in [7, 11) is 0. The van der Waals surface area contributed by atoms with Gasteiger partial charge in [-0.05, 0) is 49.2 Å². The van der Waals surface area contributed by atoms with Gasteiger partial charge < -0.3 is 10.5 Å². The molecule has 1 atom stereocenters. The number of ether oxygens (including phenoxy) is 1. The fraction of sp³-hybridized carbons (Fsp3) is 0.200. The van der Waals surface area contributed by atoms with E-state index < -0.39 is 23.2 Å². The summed E-state index contributed by atoms with van der Waals surface area (Å²) >= 11 is 5.76. The average molecular weight is 316 g/mol. The summed E-state index contributed by atoms with van der Waals surface area (Å²) in [5, 5.41) is -0.0755. The molecule has 6 heteroatoms. The maximum absolute atomic E-state index is 13.9. The smallest absolute Gasteiger partial charge is 0.198 e. The van der Waals surface area contributed by atoms with Gasteiger partial charge in [0.25, 0.3) is 0 Å². The van der Waals surface area contributed by atoms with E-state index in [0.717, 1.165) is 24.3 Å². The van der Waals surface area contributed by atoms with E-state index in [9.17, 15) is 13.2 Å². The fourth-order valence-electron chi connectivity index (χ4n) is 1.87. The predicted molar refractivity (Wildman–Crippen MR) is 75.2 cm³/mol. The van der Waals surface area contributed by atoms with Gasteiger partial charge in [-0.15, -0.1) is 0 Å². The highest BCUT2D eigenvalue weighted by Gasteiger charge is 2.16. The monoisotopic (exact) mass is 315 g/mol. The minimum Gasteiger partial charge on any atom is -0.450 e. The van der Waals surface area contributed by atoms with Gasteiger partial charge in [-0.2, -0.15) is 0 Å². The second-order valence-corrected chi connectivity index (χ2v) is 5.15. The minimum atomic E-state index is -0.869. The second kappa shape index (κ2) is 6.37. The number of halogens is 4. The molecule has 2 N–H and O–H groups in total.